The van der Waals surface area contributed by atoms with Crippen LogP contribution in [0.5, 0.6) is 11.5 Å². The van der Waals surface area contributed by atoms with E-state index in [1.165, 1.54) is 30.3 Å². The summed E-state index contributed by atoms with van der Waals surface area (Å²) in [4.78, 5) is 11.0. The average Bonchev–Trinajstić information content (AvgIpc) is 3.44. The zero-order chi connectivity index (χ0) is 29.5. The van der Waals surface area contributed by atoms with Crippen LogP contribution in [0.4, 0.5) is 32.0 Å². The third-order valence-electron chi connectivity index (χ3n) is 6.66. The van der Waals surface area contributed by atoms with Crippen molar-refractivity contribution in [3.63, 3.8) is 0 Å². The molecule has 8 nitrogen and oxygen atoms in total. The predicted octanol–water partition coefficient (Wildman–Crippen LogP) is 6.39. The van der Waals surface area contributed by atoms with E-state index in [2.05, 4.69) is 26.5 Å². The minimum absolute atomic E-state index is 0.0243. The van der Waals surface area contributed by atoms with E-state index in [0.717, 1.165) is 10.7 Å². The minimum Gasteiger partial charge on any atom is -0.478 e. The number of halogens is 6. The highest BCUT2D eigenvalue weighted by atomic mass is 19.4. The molecule has 3 aromatic rings. The van der Waals surface area contributed by atoms with Crippen molar-refractivity contribution >= 4 is 11.7 Å². The average molecular weight is 583 g/mol. The molecule has 0 saturated carbocycles. The van der Waals surface area contributed by atoms with Crippen LogP contribution in [0.25, 0.3) is 5.69 Å². The van der Waals surface area contributed by atoms with Crippen molar-refractivity contribution in [2.45, 2.75) is 50.8 Å². The van der Waals surface area contributed by atoms with E-state index in [1.54, 1.807) is 0 Å². The Labute approximate surface area is 229 Å². The number of nitrogens with zero attached hydrogens (tertiary/aromatic N) is 2. The molecule has 5 rings (SSSR count). The van der Waals surface area contributed by atoms with Gasteiger partial charge >= 0.3 is 18.4 Å². The van der Waals surface area contributed by atoms with E-state index >= 15 is 0 Å². The molecule has 1 unspecified atom stereocenters. The van der Waals surface area contributed by atoms with Crippen LogP contribution in [-0.2, 0) is 28.7 Å². The van der Waals surface area contributed by atoms with Gasteiger partial charge in [0.05, 0.1) is 29.8 Å². The molecule has 0 spiro atoms. The summed E-state index contributed by atoms with van der Waals surface area (Å²) in [6.45, 7) is 3.31. The standard InChI is InChI=1S/C27H23F6N3O5/c1-14(25(37)38)9-10-39-21-4-2-3-17-23(21)36(35-24(17)26(29,30)31)16-6-7-18(28)19(12-16)34-13-15-5-8-20-22(11-15)41-27(32,33)40-20/h5-8,11-12,21,34H,1-4,9-10,13H2,(H,37,38). The zero-order valence-electron chi connectivity index (χ0n) is 21.2. The molecule has 0 saturated heterocycles. The fourth-order valence-electron chi connectivity index (χ4n) is 4.74. The normalized spacial score (nSPS) is 17.3. The topological polar surface area (TPSA) is 94.8 Å². The molecular weight excluding hydrogens is 560 g/mol. The van der Waals surface area contributed by atoms with Crippen LogP contribution in [0.15, 0.2) is 48.6 Å². The SMILES string of the molecule is C=C(CCOC1CCCc2c(C(F)(F)F)nn(-c3ccc(F)c(NCc4ccc5c(c4)OC(F)(F)O5)c3)c21)C(=O)O. The van der Waals surface area contributed by atoms with E-state index in [0.29, 0.717) is 18.4 Å². The number of benzene rings is 2. The summed E-state index contributed by atoms with van der Waals surface area (Å²) in [5, 5.41) is 15.7. The second-order valence-electron chi connectivity index (χ2n) is 9.50. The van der Waals surface area contributed by atoms with E-state index in [-0.39, 0.29) is 65.7 Å². The summed E-state index contributed by atoms with van der Waals surface area (Å²) < 4.78 is 98.8. The highest BCUT2D eigenvalue weighted by molar-refractivity contribution is 5.85. The van der Waals surface area contributed by atoms with Gasteiger partial charge in [-0.3, -0.25) is 0 Å². The van der Waals surface area contributed by atoms with Gasteiger partial charge in [0.15, 0.2) is 17.2 Å². The van der Waals surface area contributed by atoms with Crippen molar-refractivity contribution in [1.82, 2.24) is 9.78 Å². The summed E-state index contributed by atoms with van der Waals surface area (Å²) in [5.41, 5.74) is -0.573. The molecule has 0 radical (unpaired) electrons. The van der Waals surface area contributed by atoms with Gasteiger partial charge in [-0.2, -0.15) is 18.3 Å². The first-order valence-electron chi connectivity index (χ1n) is 12.5. The Bertz CT molecular complexity index is 1500. The lowest BCUT2D eigenvalue weighted by atomic mass is 9.93. The number of carboxylic acid groups (broad SMARTS) is 1. The van der Waals surface area contributed by atoms with E-state index in [9.17, 15) is 31.1 Å². The van der Waals surface area contributed by atoms with Gasteiger partial charge < -0.3 is 24.6 Å². The summed E-state index contributed by atoms with van der Waals surface area (Å²) in [6, 6.07) is 7.66. The summed E-state index contributed by atoms with van der Waals surface area (Å²) in [7, 11) is 0. The molecule has 1 atom stereocenters. The van der Waals surface area contributed by atoms with Crippen molar-refractivity contribution in [3.05, 3.63) is 76.9 Å². The number of nitrogens with one attached hydrogen (secondary N) is 1. The largest absolute Gasteiger partial charge is 0.586 e. The molecule has 0 bridgehead atoms. The first-order valence-corrected chi connectivity index (χ1v) is 12.5. The molecule has 1 aromatic heterocycles. The third kappa shape index (κ3) is 5.97. The quantitative estimate of drug-likeness (QED) is 0.223. The van der Waals surface area contributed by atoms with Crippen molar-refractivity contribution in [1.29, 1.82) is 0 Å². The Balaban J connectivity index is 1.42. The summed E-state index contributed by atoms with van der Waals surface area (Å²) in [5.74, 6) is -2.25. The molecule has 0 fully saturated rings. The van der Waals surface area contributed by atoms with Gasteiger partial charge in [0.2, 0.25) is 0 Å². The first-order chi connectivity index (χ1) is 19.3. The minimum atomic E-state index is -4.76. The smallest absolute Gasteiger partial charge is 0.478 e. The molecule has 2 N–H and O–H groups in total. The number of ether oxygens (including phenoxy) is 3. The maximum absolute atomic E-state index is 14.7. The van der Waals surface area contributed by atoms with Gasteiger partial charge in [0.25, 0.3) is 0 Å². The number of alkyl halides is 5. The maximum Gasteiger partial charge on any atom is 0.586 e. The highest BCUT2D eigenvalue weighted by Gasteiger charge is 2.44. The molecule has 2 heterocycles. The van der Waals surface area contributed by atoms with Gasteiger partial charge in [0.1, 0.15) is 5.82 Å². The number of rotatable bonds is 9. The summed E-state index contributed by atoms with van der Waals surface area (Å²) in [6.07, 6.45) is -8.54. The molecule has 218 valence electrons. The monoisotopic (exact) mass is 583 g/mol. The first kappa shape index (κ1) is 28.3. The molecule has 1 aliphatic heterocycles. The summed E-state index contributed by atoms with van der Waals surface area (Å²) >= 11 is 0. The van der Waals surface area contributed by atoms with Crippen molar-refractivity contribution in [2.75, 3.05) is 11.9 Å². The van der Waals surface area contributed by atoms with E-state index in [4.69, 9.17) is 9.84 Å². The van der Waals surface area contributed by atoms with Gasteiger partial charge in [-0.25, -0.2) is 13.9 Å². The van der Waals surface area contributed by atoms with Crippen molar-refractivity contribution < 1.29 is 50.5 Å². The molecule has 2 aromatic carbocycles. The van der Waals surface area contributed by atoms with Gasteiger partial charge in [-0.05, 0) is 55.2 Å². The van der Waals surface area contributed by atoms with Gasteiger partial charge in [-0.1, -0.05) is 12.6 Å². The number of fused-ring (bicyclic) bond motifs is 2. The Morgan fingerprint density at radius 2 is 1.95 bits per heavy atom. The van der Waals surface area contributed by atoms with Crippen LogP contribution < -0.4 is 14.8 Å². The number of anilines is 1. The van der Waals surface area contributed by atoms with Crippen molar-refractivity contribution in [2.24, 2.45) is 0 Å². The Morgan fingerprint density at radius 1 is 1.20 bits per heavy atom. The lowest BCUT2D eigenvalue weighted by Crippen LogP contribution is -2.25. The van der Waals surface area contributed by atoms with Crippen LogP contribution in [0, 0.1) is 5.82 Å². The zero-order valence-corrected chi connectivity index (χ0v) is 21.2. The molecular formula is C27H23F6N3O5. The van der Waals surface area contributed by atoms with Crippen LogP contribution >= 0.6 is 0 Å². The Kier molecular flexibility index (Phi) is 7.36. The highest BCUT2D eigenvalue weighted by Crippen LogP contribution is 2.43. The number of aromatic nitrogens is 2. The number of carboxylic acids is 1. The molecule has 14 heteroatoms. The Hall–Kier alpha value is -4.20. The lowest BCUT2D eigenvalue weighted by Gasteiger charge is -2.25. The second-order valence-corrected chi connectivity index (χ2v) is 9.50. The van der Waals surface area contributed by atoms with Gasteiger partial charge in [-0.15, -0.1) is 8.78 Å². The lowest BCUT2D eigenvalue weighted by molar-refractivity contribution is -0.286. The van der Waals surface area contributed by atoms with Crippen LogP contribution in [0.1, 0.15) is 47.9 Å². The van der Waals surface area contributed by atoms with Crippen LogP contribution in [0.2, 0.25) is 0 Å². The number of hydrogen-bond donors (Lipinski definition) is 2. The fourth-order valence-corrected chi connectivity index (χ4v) is 4.74. The van der Waals surface area contributed by atoms with Crippen molar-refractivity contribution in [3.8, 4) is 17.2 Å². The predicted molar refractivity (Wildman–Crippen MR) is 132 cm³/mol. The Morgan fingerprint density at radius 3 is 2.68 bits per heavy atom. The number of aliphatic carboxylic acids is 1. The maximum atomic E-state index is 14.7. The van der Waals surface area contributed by atoms with Crippen LogP contribution in [0.3, 0.4) is 0 Å². The molecule has 1 aliphatic carbocycles. The molecule has 2 aliphatic rings. The third-order valence-corrected chi connectivity index (χ3v) is 6.66. The molecule has 41 heavy (non-hydrogen) atoms. The molecule has 0 amide bonds. The second kappa shape index (κ2) is 10.7. The van der Waals surface area contributed by atoms with E-state index in [1.807, 2.05) is 0 Å². The fraction of sp³-hybridized carbons (Fsp3) is 0.333. The number of hydrogen-bond acceptors (Lipinski definition) is 6. The van der Waals surface area contributed by atoms with Crippen LogP contribution in [-0.4, -0.2) is 33.8 Å². The number of carbonyl (C=O) groups is 1. The van der Waals surface area contributed by atoms with Gasteiger partial charge in [0, 0.05) is 24.1 Å². The van der Waals surface area contributed by atoms with E-state index < -0.39 is 36.1 Å².